The van der Waals surface area contributed by atoms with Crippen molar-refractivity contribution in [2.24, 2.45) is 7.05 Å². The molecule has 0 aliphatic carbocycles. The second-order valence-electron chi connectivity index (χ2n) is 6.37. The van der Waals surface area contributed by atoms with Gasteiger partial charge in [-0.25, -0.2) is 18.7 Å². The highest BCUT2D eigenvalue weighted by Gasteiger charge is 2.16. The second kappa shape index (κ2) is 7.16. The number of anilines is 1. The van der Waals surface area contributed by atoms with E-state index in [9.17, 15) is 18.8 Å². The van der Waals surface area contributed by atoms with E-state index in [0.29, 0.717) is 11.4 Å². The highest BCUT2D eigenvalue weighted by Crippen LogP contribution is 2.15. The third kappa shape index (κ3) is 3.31. The van der Waals surface area contributed by atoms with Crippen LogP contribution in [0, 0.1) is 5.82 Å². The van der Waals surface area contributed by atoms with E-state index in [1.54, 1.807) is 24.3 Å². The van der Waals surface area contributed by atoms with Crippen molar-refractivity contribution < 1.29 is 9.18 Å². The maximum atomic E-state index is 13.0. The smallest absolute Gasteiger partial charge is 0.322 e. The summed E-state index contributed by atoms with van der Waals surface area (Å²) in [5.74, 6) is -0.928. The Morgan fingerprint density at radius 2 is 1.72 bits per heavy atom. The fraction of sp³-hybridized carbons (Fsp3) is 0.0476. The van der Waals surface area contributed by atoms with Crippen molar-refractivity contribution in [3.63, 3.8) is 0 Å². The fourth-order valence-corrected chi connectivity index (χ4v) is 2.97. The Bertz CT molecular complexity index is 1340. The molecule has 0 saturated carbocycles. The molecule has 0 spiro atoms. The first-order valence-corrected chi connectivity index (χ1v) is 8.70. The van der Waals surface area contributed by atoms with Crippen LogP contribution in [0.4, 0.5) is 10.1 Å². The third-order valence-electron chi connectivity index (χ3n) is 4.47. The van der Waals surface area contributed by atoms with Gasteiger partial charge < -0.3 is 5.32 Å². The van der Waals surface area contributed by atoms with Gasteiger partial charge in [-0.15, -0.1) is 0 Å². The number of benzene rings is 2. The zero-order valence-corrected chi connectivity index (χ0v) is 15.3. The van der Waals surface area contributed by atoms with E-state index in [0.717, 1.165) is 4.57 Å². The summed E-state index contributed by atoms with van der Waals surface area (Å²) in [5, 5.41) is 2.75. The Labute approximate surface area is 163 Å². The van der Waals surface area contributed by atoms with Gasteiger partial charge in [-0.05, 0) is 42.5 Å². The predicted octanol–water partition coefficient (Wildman–Crippen LogP) is 2.48. The summed E-state index contributed by atoms with van der Waals surface area (Å²) < 4.78 is 15.3. The number of carbonyl (C=O) groups excluding carboxylic acids is 1. The Kier molecular flexibility index (Phi) is 4.52. The molecule has 0 saturated heterocycles. The maximum absolute atomic E-state index is 13.0. The van der Waals surface area contributed by atoms with E-state index in [1.807, 2.05) is 6.07 Å². The van der Waals surface area contributed by atoms with Gasteiger partial charge in [-0.2, -0.15) is 0 Å². The van der Waals surface area contributed by atoms with Gasteiger partial charge in [0.1, 0.15) is 5.82 Å². The van der Waals surface area contributed by atoms with Gasteiger partial charge in [0.25, 0.3) is 11.5 Å². The molecule has 0 aliphatic heterocycles. The van der Waals surface area contributed by atoms with Crippen molar-refractivity contribution in [3.05, 3.63) is 99.1 Å². The zero-order chi connectivity index (χ0) is 20.5. The molecule has 0 fully saturated rings. The first-order valence-electron chi connectivity index (χ1n) is 8.70. The van der Waals surface area contributed by atoms with Crippen molar-refractivity contribution >= 4 is 22.6 Å². The number of aromatic nitrogens is 3. The fourth-order valence-electron chi connectivity index (χ4n) is 2.97. The average Bonchev–Trinajstić information content (AvgIpc) is 2.74. The van der Waals surface area contributed by atoms with Crippen LogP contribution in [-0.4, -0.2) is 20.0 Å². The largest absolute Gasteiger partial charge is 0.337 e. The van der Waals surface area contributed by atoms with Crippen LogP contribution in [0.15, 0.2) is 76.4 Å². The van der Waals surface area contributed by atoms with Gasteiger partial charge >= 0.3 is 5.69 Å². The van der Waals surface area contributed by atoms with Crippen LogP contribution >= 0.6 is 0 Å². The lowest BCUT2D eigenvalue weighted by molar-refractivity contribution is 0.102. The molecule has 0 aliphatic rings. The van der Waals surface area contributed by atoms with Crippen molar-refractivity contribution in [1.82, 2.24) is 14.1 Å². The van der Waals surface area contributed by atoms with Crippen LogP contribution in [-0.2, 0) is 7.05 Å². The van der Waals surface area contributed by atoms with Crippen LogP contribution < -0.4 is 16.6 Å². The van der Waals surface area contributed by atoms with Gasteiger partial charge in [-0.3, -0.25) is 14.2 Å². The van der Waals surface area contributed by atoms with Gasteiger partial charge in [-0.1, -0.05) is 18.2 Å². The van der Waals surface area contributed by atoms with Gasteiger partial charge in [0.2, 0.25) is 0 Å². The Morgan fingerprint density at radius 3 is 2.41 bits per heavy atom. The van der Waals surface area contributed by atoms with E-state index in [4.69, 9.17) is 0 Å². The minimum atomic E-state index is -0.555. The van der Waals surface area contributed by atoms with Crippen LogP contribution in [0.25, 0.3) is 16.7 Å². The number of hydrogen-bond donors (Lipinski definition) is 1. The maximum Gasteiger partial charge on any atom is 0.337 e. The molecule has 8 heteroatoms. The van der Waals surface area contributed by atoms with Crippen molar-refractivity contribution in [2.45, 2.75) is 0 Å². The summed E-state index contributed by atoms with van der Waals surface area (Å²) in [4.78, 5) is 42.1. The number of hydrogen-bond acceptors (Lipinski definition) is 4. The number of nitrogens with one attached hydrogen (secondary N) is 1. The third-order valence-corrected chi connectivity index (χ3v) is 4.47. The first kappa shape index (κ1) is 18.3. The summed E-state index contributed by atoms with van der Waals surface area (Å²) in [7, 11) is 1.37. The molecule has 2 aromatic carbocycles. The molecule has 4 rings (SSSR count). The molecule has 0 unspecified atom stereocenters. The van der Waals surface area contributed by atoms with Crippen LogP contribution in [0.1, 0.15) is 10.4 Å². The number of rotatable bonds is 3. The summed E-state index contributed by atoms with van der Waals surface area (Å²) >= 11 is 0. The molecule has 4 aromatic rings. The van der Waals surface area contributed by atoms with Crippen LogP contribution in [0.2, 0.25) is 0 Å². The van der Waals surface area contributed by atoms with Gasteiger partial charge in [0, 0.05) is 18.9 Å². The second-order valence-corrected chi connectivity index (χ2v) is 6.37. The quantitative estimate of drug-likeness (QED) is 0.582. The molecular formula is C21H15FN4O3. The Balaban J connectivity index is 1.84. The predicted molar refractivity (Wildman–Crippen MR) is 107 cm³/mol. The number of halogens is 1. The molecule has 1 amide bonds. The molecule has 144 valence electrons. The standard InChI is InChI=1S/C21H15FN4O3/c1-25-20(28)17-11-13(19(27)24-15-9-7-14(22)8-10-15)12-23-18(17)26(21(25)29)16-5-3-2-4-6-16/h2-12H,1H3,(H,24,27). The molecule has 2 aromatic heterocycles. The lowest BCUT2D eigenvalue weighted by Crippen LogP contribution is -2.38. The Hall–Kier alpha value is -4.07. The molecule has 0 bridgehead atoms. The number of para-hydroxylation sites is 1. The van der Waals surface area contributed by atoms with Gasteiger partial charge in [0.15, 0.2) is 5.65 Å². The zero-order valence-electron chi connectivity index (χ0n) is 15.3. The average molecular weight is 390 g/mol. The number of fused-ring (bicyclic) bond motifs is 1. The lowest BCUT2D eigenvalue weighted by atomic mass is 10.2. The van der Waals surface area contributed by atoms with E-state index in [2.05, 4.69) is 10.3 Å². The molecule has 0 radical (unpaired) electrons. The SMILES string of the molecule is Cn1c(=O)c2cc(C(=O)Nc3ccc(F)cc3)cnc2n(-c2ccccc2)c1=O. The van der Waals surface area contributed by atoms with E-state index < -0.39 is 23.0 Å². The summed E-state index contributed by atoms with van der Waals surface area (Å²) in [6, 6.07) is 15.5. The highest BCUT2D eigenvalue weighted by molar-refractivity contribution is 6.05. The molecule has 29 heavy (non-hydrogen) atoms. The summed E-state index contributed by atoms with van der Waals surface area (Å²) in [5.41, 5.74) is 0.151. The summed E-state index contributed by atoms with van der Waals surface area (Å²) in [6.07, 6.45) is 1.29. The van der Waals surface area contributed by atoms with Crippen LogP contribution in [0.5, 0.6) is 0 Å². The topological polar surface area (TPSA) is 86.0 Å². The molecule has 1 N–H and O–H groups in total. The van der Waals surface area contributed by atoms with E-state index in [1.165, 1.54) is 48.1 Å². The van der Waals surface area contributed by atoms with Crippen molar-refractivity contribution in [2.75, 3.05) is 5.32 Å². The summed E-state index contributed by atoms with van der Waals surface area (Å²) in [6.45, 7) is 0. The van der Waals surface area contributed by atoms with E-state index >= 15 is 0 Å². The minimum Gasteiger partial charge on any atom is -0.322 e. The number of carbonyl (C=O) groups is 1. The lowest BCUT2D eigenvalue weighted by Gasteiger charge is -2.12. The minimum absolute atomic E-state index is 0.128. The normalized spacial score (nSPS) is 10.8. The monoisotopic (exact) mass is 390 g/mol. The molecular weight excluding hydrogens is 375 g/mol. The number of nitrogens with zero attached hydrogens (tertiary/aromatic N) is 3. The van der Waals surface area contributed by atoms with Gasteiger partial charge in [0.05, 0.1) is 16.6 Å². The Morgan fingerprint density at radius 1 is 1.03 bits per heavy atom. The molecule has 7 nitrogen and oxygen atoms in total. The van der Waals surface area contributed by atoms with Crippen molar-refractivity contribution in [1.29, 1.82) is 0 Å². The van der Waals surface area contributed by atoms with Crippen LogP contribution in [0.3, 0.4) is 0 Å². The van der Waals surface area contributed by atoms with Crippen molar-refractivity contribution in [3.8, 4) is 5.69 Å². The number of amides is 1. The first-order chi connectivity index (χ1) is 14.0. The molecule has 2 heterocycles. The van der Waals surface area contributed by atoms with E-state index in [-0.39, 0.29) is 16.6 Å². The number of pyridine rings is 1. The highest BCUT2D eigenvalue weighted by atomic mass is 19.1. The molecule has 0 atom stereocenters.